The zero-order valence-corrected chi connectivity index (χ0v) is 14.6. The molecule has 1 atom stereocenters. The Morgan fingerprint density at radius 1 is 1.36 bits per heavy atom. The highest BCUT2D eigenvalue weighted by molar-refractivity contribution is 5.79. The number of hydrogen-bond donors (Lipinski definition) is 2. The number of ether oxygens (including phenoxy) is 1. The predicted octanol–water partition coefficient (Wildman–Crippen LogP) is 2.24. The number of guanidine groups is 1. The van der Waals surface area contributed by atoms with Crippen LogP contribution in [0.25, 0.3) is 0 Å². The van der Waals surface area contributed by atoms with E-state index in [1.807, 2.05) is 24.3 Å². The molecular formula is C17H25F3N4O. The molecule has 0 amide bonds. The monoisotopic (exact) mass is 358 g/mol. The Kier molecular flexibility index (Phi) is 6.92. The lowest BCUT2D eigenvalue weighted by atomic mass is 10.1. The first-order valence-corrected chi connectivity index (χ1v) is 8.26. The molecule has 0 bridgehead atoms. The molecular weight excluding hydrogens is 333 g/mol. The smallest absolute Gasteiger partial charge is 0.401 e. The molecule has 1 aliphatic heterocycles. The molecule has 1 heterocycles. The van der Waals surface area contributed by atoms with Gasteiger partial charge in [0.1, 0.15) is 5.75 Å². The second-order valence-electron chi connectivity index (χ2n) is 6.16. The highest BCUT2D eigenvalue weighted by Gasteiger charge is 2.34. The second-order valence-corrected chi connectivity index (χ2v) is 6.16. The van der Waals surface area contributed by atoms with Gasteiger partial charge in [-0.15, -0.1) is 0 Å². The summed E-state index contributed by atoms with van der Waals surface area (Å²) in [4.78, 5) is 5.61. The lowest BCUT2D eigenvalue weighted by Crippen LogP contribution is -2.40. The molecule has 140 valence electrons. The van der Waals surface area contributed by atoms with E-state index in [1.165, 1.54) is 4.90 Å². The summed E-state index contributed by atoms with van der Waals surface area (Å²) in [5.41, 5.74) is 1.06. The fourth-order valence-electron chi connectivity index (χ4n) is 2.91. The summed E-state index contributed by atoms with van der Waals surface area (Å²) >= 11 is 0. The number of methoxy groups -OCH3 is 1. The van der Waals surface area contributed by atoms with E-state index in [4.69, 9.17) is 4.74 Å². The number of aliphatic imine (C=N–C) groups is 1. The Morgan fingerprint density at radius 3 is 2.84 bits per heavy atom. The van der Waals surface area contributed by atoms with Crippen LogP contribution in [0, 0.1) is 5.92 Å². The van der Waals surface area contributed by atoms with Crippen LogP contribution in [0.5, 0.6) is 5.75 Å². The maximum Gasteiger partial charge on any atom is 0.401 e. The van der Waals surface area contributed by atoms with Gasteiger partial charge < -0.3 is 15.4 Å². The molecule has 0 saturated carbocycles. The van der Waals surface area contributed by atoms with Crippen molar-refractivity contribution < 1.29 is 17.9 Å². The van der Waals surface area contributed by atoms with Crippen molar-refractivity contribution in [1.82, 2.24) is 15.5 Å². The predicted molar refractivity (Wildman–Crippen MR) is 91.8 cm³/mol. The van der Waals surface area contributed by atoms with Crippen LogP contribution in [0.2, 0.25) is 0 Å². The number of benzene rings is 1. The third kappa shape index (κ3) is 6.81. The Balaban J connectivity index is 1.73. The van der Waals surface area contributed by atoms with E-state index in [1.54, 1.807) is 14.2 Å². The van der Waals surface area contributed by atoms with Crippen molar-refractivity contribution in [2.24, 2.45) is 10.9 Å². The molecule has 1 aliphatic rings. The van der Waals surface area contributed by atoms with E-state index < -0.39 is 12.7 Å². The van der Waals surface area contributed by atoms with Crippen molar-refractivity contribution in [2.45, 2.75) is 19.1 Å². The molecule has 2 N–H and O–H groups in total. The standard InChI is InChI=1S/C17H25F3N4O/c1-21-16(22-9-13-4-3-5-15(8-13)25-2)23-10-14-6-7-24(11-14)12-17(18,19)20/h3-5,8,14H,6-7,9-12H2,1-2H3,(H2,21,22,23). The Bertz CT molecular complexity index is 577. The Morgan fingerprint density at radius 2 is 2.16 bits per heavy atom. The number of rotatable bonds is 6. The van der Waals surface area contributed by atoms with Gasteiger partial charge in [0, 0.05) is 26.7 Å². The van der Waals surface area contributed by atoms with Gasteiger partial charge in [-0.05, 0) is 36.6 Å². The van der Waals surface area contributed by atoms with Gasteiger partial charge in [-0.3, -0.25) is 9.89 Å². The molecule has 25 heavy (non-hydrogen) atoms. The number of hydrogen-bond acceptors (Lipinski definition) is 3. The molecule has 1 unspecified atom stereocenters. The van der Waals surface area contributed by atoms with Crippen LogP contribution in [0.3, 0.4) is 0 Å². The first-order chi connectivity index (χ1) is 11.9. The van der Waals surface area contributed by atoms with Crippen LogP contribution in [-0.2, 0) is 6.54 Å². The minimum atomic E-state index is -4.13. The van der Waals surface area contributed by atoms with Crippen molar-refractivity contribution in [1.29, 1.82) is 0 Å². The molecule has 1 aromatic rings. The van der Waals surface area contributed by atoms with E-state index in [0.29, 0.717) is 32.1 Å². The highest BCUT2D eigenvalue weighted by atomic mass is 19.4. The fourth-order valence-corrected chi connectivity index (χ4v) is 2.91. The summed E-state index contributed by atoms with van der Waals surface area (Å²) in [5, 5.41) is 6.39. The SMILES string of the molecule is CN=C(NCc1cccc(OC)c1)NCC1CCN(CC(F)(F)F)C1. The van der Waals surface area contributed by atoms with Crippen LogP contribution in [-0.4, -0.2) is 57.4 Å². The van der Waals surface area contributed by atoms with Gasteiger partial charge in [0.05, 0.1) is 13.7 Å². The number of halogens is 3. The molecule has 1 saturated heterocycles. The lowest BCUT2D eigenvalue weighted by Gasteiger charge is -2.18. The van der Waals surface area contributed by atoms with Crippen molar-refractivity contribution in [3.8, 4) is 5.75 Å². The van der Waals surface area contributed by atoms with Gasteiger partial charge in [-0.2, -0.15) is 13.2 Å². The van der Waals surface area contributed by atoms with Gasteiger partial charge in [0.25, 0.3) is 0 Å². The van der Waals surface area contributed by atoms with Crippen molar-refractivity contribution in [3.05, 3.63) is 29.8 Å². The third-order valence-electron chi connectivity index (χ3n) is 4.15. The molecule has 8 heteroatoms. The minimum absolute atomic E-state index is 0.192. The van der Waals surface area contributed by atoms with Crippen LogP contribution in [0.1, 0.15) is 12.0 Å². The first-order valence-electron chi connectivity index (χ1n) is 8.26. The van der Waals surface area contributed by atoms with Crippen molar-refractivity contribution in [2.75, 3.05) is 40.3 Å². The van der Waals surface area contributed by atoms with Gasteiger partial charge in [0.2, 0.25) is 0 Å². The summed E-state index contributed by atoms with van der Waals surface area (Å²) < 4.78 is 42.5. The average Bonchev–Trinajstić information content (AvgIpc) is 3.00. The van der Waals surface area contributed by atoms with E-state index in [9.17, 15) is 13.2 Å². The van der Waals surface area contributed by atoms with E-state index in [2.05, 4.69) is 15.6 Å². The number of likely N-dealkylation sites (tertiary alicyclic amines) is 1. The molecule has 5 nitrogen and oxygen atoms in total. The van der Waals surface area contributed by atoms with Crippen LogP contribution in [0.15, 0.2) is 29.3 Å². The minimum Gasteiger partial charge on any atom is -0.497 e. The van der Waals surface area contributed by atoms with Gasteiger partial charge in [-0.1, -0.05) is 12.1 Å². The average molecular weight is 358 g/mol. The zero-order chi connectivity index (χ0) is 18.3. The van der Waals surface area contributed by atoms with E-state index >= 15 is 0 Å². The van der Waals surface area contributed by atoms with Crippen LogP contribution in [0.4, 0.5) is 13.2 Å². The summed E-state index contributed by atoms with van der Waals surface area (Å²) in [6, 6.07) is 7.71. The summed E-state index contributed by atoms with van der Waals surface area (Å²) in [7, 11) is 3.29. The van der Waals surface area contributed by atoms with Gasteiger partial charge in [-0.25, -0.2) is 0 Å². The zero-order valence-electron chi connectivity index (χ0n) is 14.6. The number of nitrogens with zero attached hydrogens (tertiary/aromatic N) is 2. The van der Waals surface area contributed by atoms with Crippen LogP contribution >= 0.6 is 0 Å². The van der Waals surface area contributed by atoms with Crippen molar-refractivity contribution >= 4 is 5.96 Å². The molecule has 1 fully saturated rings. The molecule has 0 aromatic heterocycles. The summed E-state index contributed by atoms with van der Waals surface area (Å²) in [6.45, 7) is 1.31. The van der Waals surface area contributed by atoms with E-state index in [-0.39, 0.29) is 5.92 Å². The maximum atomic E-state index is 12.4. The first kappa shape index (κ1) is 19.4. The largest absolute Gasteiger partial charge is 0.497 e. The quantitative estimate of drug-likeness (QED) is 0.605. The third-order valence-corrected chi connectivity index (χ3v) is 4.15. The van der Waals surface area contributed by atoms with Crippen LogP contribution < -0.4 is 15.4 Å². The normalized spacial score (nSPS) is 19.1. The van der Waals surface area contributed by atoms with E-state index in [0.717, 1.165) is 17.7 Å². The number of alkyl halides is 3. The van der Waals surface area contributed by atoms with Crippen molar-refractivity contribution in [3.63, 3.8) is 0 Å². The lowest BCUT2D eigenvalue weighted by molar-refractivity contribution is -0.143. The maximum absolute atomic E-state index is 12.4. The topological polar surface area (TPSA) is 48.9 Å². The molecule has 2 rings (SSSR count). The van der Waals surface area contributed by atoms with Gasteiger partial charge in [0.15, 0.2) is 5.96 Å². The molecule has 0 aliphatic carbocycles. The molecule has 0 spiro atoms. The summed E-state index contributed by atoms with van der Waals surface area (Å²) in [5.74, 6) is 1.62. The fraction of sp³-hybridized carbons (Fsp3) is 0.588. The highest BCUT2D eigenvalue weighted by Crippen LogP contribution is 2.22. The second kappa shape index (κ2) is 8.94. The molecule has 1 aromatic carbocycles. The summed E-state index contributed by atoms with van der Waals surface area (Å²) in [6.07, 6.45) is -3.37. The number of nitrogens with one attached hydrogen (secondary N) is 2. The molecule has 0 radical (unpaired) electrons. The van der Waals surface area contributed by atoms with Gasteiger partial charge >= 0.3 is 6.18 Å². The Hall–Kier alpha value is -1.96. The Labute approximate surface area is 146 Å².